The quantitative estimate of drug-likeness (QED) is 0.294. The monoisotopic (exact) mass is 550 g/mol. The van der Waals surface area contributed by atoms with Gasteiger partial charge in [-0.25, -0.2) is 0 Å². The lowest BCUT2D eigenvalue weighted by molar-refractivity contribution is -0.116. The Kier molecular flexibility index (Phi) is 9.71. The average molecular weight is 551 g/mol. The fourth-order valence-corrected chi connectivity index (χ4v) is 5.38. The number of aromatic nitrogens is 4. The lowest BCUT2D eigenvalue weighted by Gasteiger charge is -2.31. The smallest absolute Gasteiger partial charge is 0.230 e. The highest BCUT2D eigenvalue weighted by Gasteiger charge is 2.23. The minimum Gasteiger partial charge on any atom is -0.357 e. The normalized spacial score (nSPS) is 14.4. The van der Waals surface area contributed by atoms with E-state index < -0.39 is 0 Å². The van der Waals surface area contributed by atoms with Crippen molar-refractivity contribution in [3.8, 4) is 0 Å². The molecule has 2 amide bonds. The van der Waals surface area contributed by atoms with Gasteiger partial charge in [0, 0.05) is 25.6 Å². The molecule has 3 aromatic rings. The van der Waals surface area contributed by atoms with Gasteiger partial charge in [0.1, 0.15) is 0 Å². The van der Waals surface area contributed by atoms with Gasteiger partial charge in [-0.15, -0.1) is 20.4 Å². The first kappa shape index (κ1) is 27.1. The molecule has 198 valence electrons. The average Bonchev–Trinajstić information content (AvgIpc) is 3.54. The van der Waals surface area contributed by atoms with Crippen LogP contribution in [0.25, 0.3) is 0 Å². The molecule has 3 N–H and O–H groups in total. The molecule has 0 aliphatic carbocycles. The van der Waals surface area contributed by atoms with Crippen LogP contribution in [0.5, 0.6) is 0 Å². The van der Waals surface area contributed by atoms with E-state index in [2.05, 4.69) is 47.8 Å². The topological polar surface area (TPSA) is 125 Å². The van der Waals surface area contributed by atoms with E-state index in [1.165, 1.54) is 22.7 Å². The zero-order chi connectivity index (χ0) is 26.7. The van der Waals surface area contributed by atoms with Crippen LogP contribution in [0.1, 0.15) is 31.7 Å². The molecule has 0 saturated carbocycles. The highest BCUT2D eigenvalue weighted by molar-refractivity contribution is 7.19. The van der Waals surface area contributed by atoms with Gasteiger partial charge in [0.25, 0.3) is 0 Å². The molecule has 0 bridgehead atoms. The summed E-state index contributed by atoms with van der Waals surface area (Å²) in [5.74, 6) is -0.240. The minimum atomic E-state index is -0.121. The van der Waals surface area contributed by atoms with Gasteiger partial charge in [0.05, 0.1) is 6.42 Å². The number of hydrogen-bond acceptors (Lipinski definition) is 10. The van der Waals surface area contributed by atoms with Crippen LogP contribution in [-0.4, -0.2) is 51.3 Å². The van der Waals surface area contributed by atoms with Crippen molar-refractivity contribution in [3.05, 3.63) is 72.4 Å². The Morgan fingerprint density at radius 2 is 1.66 bits per heavy atom. The second-order valence-electron chi connectivity index (χ2n) is 8.78. The van der Waals surface area contributed by atoms with Crippen LogP contribution in [0, 0.1) is 0 Å². The standard InChI is InChI=1S/C26H30N8O2S2/c1-3-4-6-9-18(2)16-21(35)28-25-32-33-26(38-25)34-14-12-20(13-15-34)27-23-30-31-24(37-23)29-22(36)17-19-10-7-5-8-11-19/h3-11,20H,1,12-17H2,2H3,(H,27,30)(H,28,32,35)(H,29,31,36)/b6-4-,18-9+. The molecular formula is C26H30N8O2S2. The third-order valence-corrected chi connectivity index (χ3v) is 7.37. The van der Waals surface area contributed by atoms with Crippen LogP contribution in [0.3, 0.4) is 0 Å². The van der Waals surface area contributed by atoms with Gasteiger partial charge in [-0.05, 0) is 25.3 Å². The van der Waals surface area contributed by atoms with Crippen LogP contribution in [-0.2, 0) is 16.0 Å². The Morgan fingerprint density at radius 1 is 0.974 bits per heavy atom. The Bertz CT molecular complexity index is 1290. The van der Waals surface area contributed by atoms with E-state index in [1.807, 2.05) is 55.5 Å². The van der Waals surface area contributed by atoms with Crippen molar-refractivity contribution in [2.24, 2.45) is 0 Å². The number of amides is 2. The fourth-order valence-electron chi connectivity index (χ4n) is 3.83. The number of benzene rings is 1. The Hall–Kier alpha value is -3.90. The minimum absolute atomic E-state index is 0.118. The summed E-state index contributed by atoms with van der Waals surface area (Å²) in [4.78, 5) is 26.7. The lowest BCUT2D eigenvalue weighted by Crippen LogP contribution is -2.39. The highest BCUT2D eigenvalue weighted by Crippen LogP contribution is 2.29. The van der Waals surface area contributed by atoms with Crippen LogP contribution in [0.4, 0.5) is 20.5 Å². The predicted molar refractivity (Wildman–Crippen MR) is 154 cm³/mol. The van der Waals surface area contributed by atoms with Crippen LogP contribution >= 0.6 is 22.7 Å². The second-order valence-corrected chi connectivity index (χ2v) is 10.7. The number of hydrogen-bond donors (Lipinski definition) is 3. The largest absolute Gasteiger partial charge is 0.357 e. The zero-order valence-corrected chi connectivity index (χ0v) is 22.7. The number of carbonyl (C=O) groups is 2. The van der Waals surface area contributed by atoms with Crippen molar-refractivity contribution in [2.45, 2.75) is 38.6 Å². The Morgan fingerprint density at radius 3 is 2.42 bits per heavy atom. The first-order valence-corrected chi connectivity index (χ1v) is 13.9. The third kappa shape index (κ3) is 8.32. The maximum absolute atomic E-state index is 12.3. The van der Waals surface area contributed by atoms with Gasteiger partial charge in [0.2, 0.25) is 32.3 Å². The van der Waals surface area contributed by atoms with E-state index in [4.69, 9.17) is 0 Å². The summed E-state index contributed by atoms with van der Waals surface area (Å²) in [6.45, 7) is 7.13. The number of nitrogens with one attached hydrogen (secondary N) is 3. The number of piperidine rings is 1. The molecule has 4 rings (SSSR count). The molecule has 1 fully saturated rings. The zero-order valence-electron chi connectivity index (χ0n) is 21.1. The first-order chi connectivity index (χ1) is 18.5. The summed E-state index contributed by atoms with van der Waals surface area (Å²) < 4.78 is 0. The number of anilines is 4. The molecule has 2 aromatic heterocycles. The van der Waals surface area contributed by atoms with E-state index in [1.54, 1.807) is 6.08 Å². The summed E-state index contributed by atoms with van der Waals surface area (Å²) in [7, 11) is 0. The number of rotatable bonds is 11. The van der Waals surface area contributed by atoms with Crippen molar-refractivity contribution < 1.29 is 9.59 Å². The third-order valence-electron chi connectivity index (χ3n) is 5.70. The molecule has 3 heterocycles. The van der Waals surface area contributed by atoms with Gasteiger partial charge < -0.3 is 20.9 Å². The SMILES string of the molecule is C=C/C=C\C=C(/C)CC(=O)Nc1nnc(N2CCC(Nc3nnc(NC(=O)Cc4ccccc4)s3)CC2)s1. The van der Waals surface area contributed by atoms with Crippen molar-refractivity contribution in [1.29, 1.82) is 0 Å². The van der Waals surface area contributed by atoms with Crippen LogP contribution in [0.15, 0.2) is 66.8 Å². The van der Waals surface area contributed by atoms with E-state index >= 15 is 0 Å². The van der Waals surface area contributed by atoms with Crippen molar-refractivity contribution >= 4 is 55.0 Å². The maximum Gasteiger partial charge on any atom is 0.230 e. The molecule has 1 aliphatic rings. The second kappa shape index (κ2) is 13.6. The molecule has 1 saturated heterocycles. The van der Waals surface area contributed by atoms with Gasteiger partial charge >= 0.3 is 0 Å². The highest BCUT2D eigenvalue weighted by atomic mass is 32.1. The van der Waals surface area contributed by atoms with Gasteiger partial charge in [-0.2, -0.15) is 0 Å². The van der Waals surface area contributed by atoms with Crippen molar-refractivity contribution in [3.63, 3.8) is 0 Å². The number of allylic oxidation sites excluding steroid dienone is 4. The van der Waals surface area contributed by atoms with E-state index in [0.717, 1.165) is 42.2 Å². The molecule has 0 unspecified atom stereocenters. The van der Waals surface area contributed by atoms with E-state index in [9.17, 15) is 9.59 Å². The first-order valence-electron chi connectivity index (χ1n) is 12.3. The molecule has 10 nitrogen and oxygen atoms in total. The summed E-state index contributed by atoms with van der Waals surface area (Å²) >= 11 is 2.70. The lowest BCUT2D eigenvalue weighted by atomic mass is 10.1. The molecule has 38 heavy (non-hydrogen) atoms. The molecule has 12 heteroatoms. The summed E-state index contributed by atoms with van der Waals surface area (Å²) in [5, 5.41) is 28.2. The molecule has 0 radical (unpaired) electrons. The summed E-state index contributed by atoms with van der Waals surface area (Å²) in [5.41, 5.74) is 1.89. The van der Waals surface area contributed by atoms with Crippen molar-refractivity contribution in [2.75, 3.05) is 33.9 Å². The van der Waals surface area contributed by atoms with Gasteiger partial charge in [-0.1, -0.05) is 89.5 Å². The Labute approximate surface area is 229 Å². The molecule has 1 aromatic carbocycles. The molecular weight excluding hydrogens is 520 g/mol. The maximum atomic E-state index is 12.3. The van der Waals surface area contributed by atoms with E-state index in [-0.39, 0.29) is 24.3 Å². The molecule has 1 aliphatic heterocycles. The summed E-state index contributed by atoms with van der Waals surface area (Å²) in [6, 6.07) is 9.82. The van der Waals surface area contributed by atoms with Gasteiger partial charge in [0.15, 0.2) is 0 Å². The van der Waals surface area contributed by atoms with Crippen molar-refractivity contribution in [1.82, 2.24) is 20.4 Å². The molecule has 0 spiro atoms. The Balaban J connectivity index is 1.20. The summed E-state index contributed by atoms with van der Waals surface area (Å²) in [6.07, 6.45) is 9.60. The predicted octanol–water partition coefficient (Wildman–Crippen LogP) is 4.67. The van der Waals surface area contributed by atoms with E-state index in [0.29, 0.717) is 21.8 Å². The van der Waals surface area contributed by atoms with Gasteiger partial charge in [-0.3, -0.25) is 9.59 Å². The number of nitrogens with zero attached hydrogens (tertiary/aromatic N) is 5. The number of carbonyl (C=O) groups excluding carboxylic acids is 2. The van der Waals surface area contributed by atoms with Crippen LogP contribution in [0.2, 0.25) is 0 Å². The van der Waals surface area contributed by atoms with Crippen LogP contribution < -0.4 is 20.9 Å². The molecule has 0 atom stereocenters. The fraction of sp³-hybridized carbons (Fsp3) is 0.308.